The van der Waals surface area contributed by atoms with E-state index in [-0.39, 0.29) is 17.9 Å². The Balaban J connectivity index is 1.94. The maximum Gasteiger partial charge on any atom is 0.223 e. The summed E-state index contributed by atoms with van der Waals surface area (Å²) in [6.07, 6.45) is 5.68. The highest BCUT2D eigenvalue weighted by atomic mass is 16.2. The van der Waals surface area contributed by atoms with Crippen molar-refractivity contribution in [3.8, 4) is 0 Å². The Bertz CT molecular complexity index is 628. The lowest BCUT2D eigenvalue weighted by Gasteiger charge is -2.19. The van der Waals surface area contributed by atoms with Crippen LogP contribution in [-0.2, 0) is 11.8 Å². The van der Waals surface area contributed by atoms with Gasteiger partial charge in [-0.05, 0) is 25.3 Å². The molecule has 104 valence electrons. The van der Waals surface area contributed by atoms with Crippen LogP contribution in [0.1, 0.15) is 35.8 Å². The van der Waals surface area contributed by atoms with Gasteiger partial charge >= 0.3 is 0 Å². The second-order valence-electron chi connectivity index (χ2n) is 5.53. The number of benzene rings is 1. The number of nitrogens with zero attached hydrogens (tertiary/aromatic N) is 2. The van der Waals surface area contributed by atoms with Crippen molar-refractivity contribution in [3.05, 3.63) is 53.6 Å². The van der Waals surface area contributed by atoms with Crippen LogP contribution in [0.5, 0.6) is 0 Å². The van der Waals surface area contributed by atoms with Crippen molar-refractivity contribution in [3.63, 3.8) is 0 Å². The number of rotatable bonds is 4. The summed E-state index contributed by atoms with van der Waals surface area (Å²) in [5, 5.41) is 3.14. The lowest BCUT2D eigenvalue weighted by atomic mass is 10.0. The monoisotopic (exact) mass is 269 g/mol. The normalized spacial score (nSPS) is 15.9. The fourth-order valence-corrected chi connectivity index (χ4v) is 2.41. The molecule has 1 fully saturated rings. The molecule has 1 atom stereocenters. The summed E-state index contributed by atoms with van der Waals surface area (Å²) in [6.45, 7) is 2.06. The first-order valence-corrected chi connectivity index (χ1v) is 6.99. The molecule has 1 aliphatic carbocycles. The van der Waals surface area contributed by atoms with Crippen LogP contribution in [0.25, 0.3) is 0 Å². The maximum atomic E-state index is 12.1. The third kappa shape index (κ3) is 2.59. The summed E-state index contributed by atoms with van der Waals surface area (Å²) in [7, 11) is 1.95. The molecule has 0 spiro atoms. The lowest BCUT2D eigenvalue weighted by molar-refractivity contribution is -0.122. The number of carbonyl (C=O) groups excluding carboxylic acids is 1. The predicted octanol–water partition coefficient (Wildman–Crippen LogP) is 2.34. The molecule has 0 bridgehead atoms. The number of amides is 1. The average Bonchev–Trinajstić information content (AvgIpc) is 3.19. The molecule has 0 saturated heterocycles. The molecule has 1 heterocycles. The van der Waals surface area contributed by atoms with Gasteiger partial charge < -0.3 is 9.88 Å². The number of aryl methyl sites for hydroxylation is 2. The minimum absolute atomic E-state index is 0.138. The molecule has 4 nitrogen and oxygen atoms in total. The molecule has 1 aromatic carbocycles. The summed E-state index contributed by atoms with van der Waals surface area (Å²) < 4.78 is 1.96. The highest BCUT2D eigenvalue weighted by Gasteiger charge is 2.32. The van der Waals surface area contributed by atoms with Crippen LogP contribution in [-0.4, -0.2) is 15.5 Å². The van der Waals surface area contributed by atoms with Crippen molar-refractivity contribution in [2.75, 3.05) is 0 Å². The standard InChI is InChI=1S/C16H19N3O/c1-11-4-3-5-13(10-11)14(15-17-8-9-19(15)2)18-16(20)12-6-7-12/h3-5,8-10,12,14H,6-7H2,1-2H3,(H,18,20). The molecule has 1 N–H and O–H groups in total. The van der Waals surface area contributed by atoms with E-state index in [1.807, 2.05) is 29.9 Å². The smallest absolute Gasteiger partial charge is 0.223 e. The Hall–Kier alpha value is -2.10. The number of carbonyl (C=O) groups is 1. The van der Waals surface area contributed by atoms with Crippen molar-refractivity contribution < 1.29 is 4.79 Å². The van der Waals surface area contributed by atoms with E-state index in [2.05, 4.69) is 29.4 Å². The SMILES string of the molecule is Cc1cccc(C(NC(=O)C2CC2)c2nccn2C)c1. The van der Waals surface area contributed by atoms with Crippen molar-refractivity contribution >= 4 is 5.91 Å². The van der Waals surface area contributed by atoms with Crippen LogP contribution in [0, 0.1) is 12.8 Å². The van der Waals surface area contributed by atoms with Crippen molar-refractivity contribution in [1.29, 1.82) is 0 Å². The molecule has 1 aliphatic rings. The van der Waals surface area contributed by atoms with E-state index in [9.17, 15) is 4.79 Å². The van der Waals surface area contributed by atoms with Gasteiger partial charge in [0.25, 0.3) is 0 Å². The fraction of sp³-hybridized carbons (Fsp3) is 0.375. The number of hydrogen-bond acceptors (Lipinski definition) is 2. The predicted molar refractivity (Wildman–Crippen MR) is 77.1 cm³/mol. The van der Waals surface area contributed by atoms with Crippen molar-refractivity contribution in [2.45, 2.75) is 25.8 Å². The quantitative estimate of drug-likeness (QED) is 0.926. The second kappa shape index (κ2) is 5.12. The Kier molecular flexibility index (Phi) is 3.30. The van der Waals surface area contributed by atoms with E-state index in [1.54, 1.807) is 6.20 Å². The summed E-state index contributed by atoms with van der Waals surface area (Å²) in [5.41, 5.74) is 2.26. The van der Waals surface area contributed by atoms with Gasteiger partial charge in [0, 0.05) is 25.4 Å². The van der Waals surface area contributed by atoms with E-state index < -0.39 is 0 Å². The van der Waals surface area contributed by atoms with E-state index in [4.69, 9.17) is 0 Å². The summed E-state index contributed by atoms with van der Waals surface area (Å²) in [5.74, 6) is 1.20. The molecule has 1 aromatic heterocycles. The molecule has 4 heteroatoms. The van der Waals surface area contributed by atoms with Crippen LogP contribution >= 0.6 is 0 Å². The largest absolute Gasteiger partial charge is 0.342 e. The zero-order valence-electron chi connectivity index (χ0n) is 11.8. The average molecular weight is 269 g/mol. The molecule has 1 unspecified atom stereocenters. The molecule has 2 aromatic rings. The first-order chi connectivity index (χ1) is 9.65. The third-order valence-corrected chi connectivity index (χ3v) is 3.73. The molecular formula is C16H19N3O. The highest BCUT2D eigenvalue weighted by Crippen LogP contribution is 2.31. The Labute approximate surface area is 118 Å². The first kappa shape index (κ1) is 12.9. The van der Waals surface area contributed by atoms with Gasteiger partial charge in [0.2, 0.25) is 5.91 Å². The topological polar surface area (TPSA) is 46.9 Å². The highest BCUT2D eigenvalue weighted by molar-refractivity contribution is 5.81. The van der Waals surface area contributed by atoms with Crippen LogP contribution in [0.2, 0.25) is 0 Å². The minimum Gasteiger partial charge on any atom is -0.342 e. The van der Waals surface area contributed by atoms with Gasteiger partial charge in [0.05, 0.1) is 0 Å². The van der Waals surface area contributed by atoms with Crippen molar-refractivity contribution in [2.24, 2.45) is 13.0 Å². The van der Waals surface area contributed by atoms with Crippen LogP contribution in [0.4, 0.5) is 0 Å². The third-order valence-electron chi connectivity index (χ3n) is 3.73. The number of hydrogen-bond donors (Lipinski definition) is 1. The van der Waals surface area contributed by atoms with E-state index >= 15 is 0 Å². The van der Waals surface area contributed by atoms with Gasteiger partial charge in [-0.25, -0.2) is 4.98 Å². The Morgan fingerprint density at radius 3 is 2.85 bits per heavy atom. The fourth-order valence-electron chi connectivity index (χ4n) is 2.41. The molecule has 1 amide bonds. The lowest BCUT2D eigenvalue weighted by Crippen LogP contribution is -2.32. The Morgan fingerprint density at radius 1 is 1.45 bits per heavy atom. The van der Waals surface area contributed by atoms with E-state index in [1.165, 1.54) is 5.56 Å². The second-order valence-corrected chi connectivity index (χ2v) is 5.53. The summed E-state index contributed by atoms with van der Waals surface area (Å²) >= 11 is 0. The van der Waals surface area contributed by atoms with E-state index in [0.29, 0.717) is 0 Å². The first-order valence-electron chi connectivity index (χ1n) is 6.99. The van der Waals surface area contributed by atoms with Crippen molar-refractivity contribution in [1.82, 2.24) is 14.9 Å². The molecular weight excluding hydrogens is 250 g/mol. The number of aromatic nitrogens is 2. The molecule has 20 heavy (non-hydrogen) atoms. The zero-order valence-corrected chi connectivity index (χ0v) is 11.8. The summed E-state index contributed by atoms with van der Waals surface area (Å²) in [4.78, 5) is 16.5. The summed E-state index contributed by atoms with van der Waals surface area (Å²) in [6, 6.07) is 8.04. The number of imidazole rings is 1. The van der Waals surface area contributed by atoms with Gasteiger partial charge in [-0.1, -0.05) is 29.8 Å². The molecule has 1 saturated carbocycles. The Morgan fingerprint density at radius 2 is 2.25 bits per heavy atom. The van der Waals surface area contributed by atoms with Crippen LogP contribution in [0.15, 0.2) is 36.7 Å². The van der Waals surface area contributed by atoms with Gasteiger partial charge in [0.15, 0.2) is 0 Å². The van der Waals surface area contributed by atoms with Gasteiger partial charge in [0.1, 0.15) is 11.9 Å². The zero-order chi connectivity index (χ0) is 14.1. The van der Waals surface area contributed by atoms with Crippen LogP contribution in [0.3, 0.4) is 0 Å². The van der Waals surface area contributed by atoms with Gasteiger partial charge in [-0.15, -0.1) is 0 Å². The molecule has 0 aliphatic heterocycles. The van der Waals surface area contributed by atoms with E-state index in [0.717, 1.165) is 24.2 Å². The van der Waals surface area contributed by atoms with Crippen LogP contribution < -0.4 is 5.32 Å². The maximum absolute atomic E-state index is 12.1. The van der Waals surface area contributed by atoms with Gasteiger partial charge in [-0.3, -0.25) is 4.79 Å². The molecule has 0 radical (unpaired) electrons. The van der Waals surface area contributed by atoms with Gasteiger partial charge in [-0.2, -0.15) is 0 Å². The number of nitrogens with one attached hydrogen (secondary N) is 1. The molecule has 3 rings (SSSR count). The minimum atomic E-state index is -0.178.